The van der Waals surface area contributed by atoms with Gasteiger partial charge in [-0.15, -0.1) is 0 Å². The third kappa shape index (κ3) is 2.48. The van der Waals surface area contributed by atoms with Crippen molar-refractivity contribution in [3.63, 3.8) is 0 Å². The zero-order valence-corrected chi connectivity index (χ0v) is 13.7. The summed E-state index contributed by atoms with van der Waals surface area (Å²) in [7, 11) is 0. The topological polar surface area (TPSA) is 26.3 Å². The molecule has 0 spiro atoms. The Morgan fingerprint density at radius 1 is 0.833 bits per heavy atom. The van der Waals surface area contributed by atoms with Crippen LogP contribution in [0.25, 0.3) is 10.8 Å². The predicted molar refractivity (Wildman–Crippen MR) is 95.7 cm³/mol. The van der Waals surface area contributed by atoms with Crippen molar-refractivity contribution in [3.8, 4) is 0 Å². The van der Waals surface area contributed by atoms with Gasteiger partial charge in [-0.25, -0.2) is 0 Å². The number of rotatable bonds is 3. The molecule has 0 aromatic heterocycles. The van der Waals surface area contributed by atoms with Crippen LogP contribution in [0.3, 0.4) is 0 Å². The Morgan fingerprint density at radius 2 is 1.54 bits per heavy atom. The number of fused-ring (bicyclic) bond motifs is 1. The monoisotopic (exact) mass is 316 g/mol. The molecular formula is C22H20O2. The molecule has 0 N–H and O–H groups in total. The van der Waals surface area contributed by atoms with Crippen LogP contribution < -0.4 is 0 Å². The number of hydrogen-bond acceptors (Lipinski definition) is 2. The van der Waals surface area contributed by atoms with E-state index in [-0.39, 0.29) is 23.9 Å². The van der Waals surface area contributed by atoms with Crippen molar-refractivity contribution in [1.82, 2.24) is 0 Å². The van der Waals surface area contributed by atoms with Crippen molar-refractivity contribution in [1.29, 1.82) is 0 Å². The number of benzene rings is 3. The van der Waals surface area contributed by atoms with E-state index >= 15 is 0 Å². The van der Waals surface area contributed by atoms with Crippen molar-refractivity contribution >= 4 is 16.7 Å². The van der Waals surface area contributed by atoms with Gasteiger partial charge in [-0.2, -0.15) is 0 Å². The first kappa shape index (κ1) is 14.9. The fraction of sp³-hybridized carbons (Fsp3) is 0.227. The van der Waals surface area contributed by atoms with Gasteiger partial charge in [-0.3, -0.25) is 4.79 Å². The van der Waals surface area contributed by atoms with Crippen LogP contribution >= 0.6 is 0 Å². The molecule has 0 saturated carbocycles. The van der Waals surface area contributed by atoms with E-state index in [1.54, 1.807) is 0 Å². The second-order valence-corrected chi connectivity index (χ2v) is 6.42. The van der Waals surface area contributed by atoms with Gasteiger partial charge >= 0.3 is 5.97 Å². The molecule has 0 radical (unpaired) electrons. The third-order valence-corrected chi connectivity index (χ3v) is 5.03. The van der Waals surface area contributed by atoms with Gasteiger partial charge in [0.05, 0.1) is 5.92 Å². The highest BCUT2D eigenvalue weighted by atomic mass is 16.6. The summed E-state index contributed by atoms with van der Waals surface area (Å²) in [6.07, 6.45) is 0.581. The molecule has 0 bridgehead atoms. The maximum Gasteiger partial charge on any atom is 0.310 e. The number of hydrogen-bond donors (Lipinski definition) is 0. The molecule has 3 aromatic carbocycles. The number of ether oxygens (including phenoxy) is 1. The van der Waals surface area contributed by atoms with Crippen molar-refractivity contribution < 1.29 is 9.53 Å². The molecule has 4 rings (SSSR count). The lowest BCUT2D eigenvalue weighted by Gasteiger charge is -2.21. The molecule has 1 fully saturated rings. The predicted octanol–water partition coefficient (Wildman–Crippen LogP) is 5.25. The van der Waals surface area contributed by atoms with Crippen LogP contribution in [0.2, 0.25) is 0 Å². The quantitative estimate of drug-likeness (QED) is 0.617. The van der Waals surface area contributed by atoms with Crippen LogP contribution in [-0.2, 0) is 9.53 Å². The lowest BCUT2D eigenvalue weighted by Crippen LogP contribution is -2.14. The van der Waals surface area contributed by atoms with Gasteiger partial charge < -0.3 is 4.74 Å². The smallest absolute Gasteiger partial charge is 0.310 e. The molecule has 3 atom stereocenters. The maximum atomic E-state index is 12.4. The van der Waals surface area contributed by atoms with Crippen molar-refractivity contribution in [3.05, 3.63) is 83.9 Å². The average Bonchev–Trinajstić information content (AvgIpc) is 2.98. The number of carbonyl (C=O) groups is 1. The summed E-state index contributed by atoms with van der Waals surface area (Å²) in [6, 6.07) is 24.9. The van der Waals surface area contributed by atoms with Crippen LogP contribution in [0.15, 0.2) is 72.8 Å². The summed E-state index contributed by atoms with van der Waals surface area (Å²) in [5.41, 5.74) is 2.25. The zero-order chi connectivity index (χ0) is 16.5. The molecule has 2 nitrogen and oxygen atoms in total. The highest BCUT2D eigenvalue weighted by Gasteiger charge is 2.44. The number of cyclic esters (lactones) is 1. The van der Waals surface area contributed by atoms with Gasteiger partial charge in [-0.05, 0) is 34.4 Å². The van der Waals surface area contributed by atoms with E-state index in [4.69, 9.17) is 4.74 Å². The van der Waals surface area contributed by atoms with Gasteiger partial charge in [0.25, 0.3) is 0 Å². The average molecular weight is 316 g/mol. The van der Waals surface area contributed by atoms with E-state index in [0.29, 0.717) is 0 Å². The summed E-state index contributed by atoms with van der Waals surface area (Å²) < 4.78 is 5.83. The summed E-state index contributed by atoms with van der Waals surface area (Å²) in [5, 5.41) is 2.38. The Bertz CT molecular complexity index is 869. The Morgan fingerprint density at radius 3 is 2.29 bits per heavy atom. The van der Waals surface area contributed by atoms with Gasteiger partial charge in [0.1, 0.15) is 6.10 Å². The Balaban J connectivity index is 1.80. The van der Waals surface area contributed by atoms with Crippen LogP contribution in [0.1, 0.15) is 36.5 Å². The maximum absolute atomic E-state index is 12.4. The van der Waals surface area contributed by atoms with Gasteiger partial charge in [0.2, 0.25) is 0 Å². The van der Waals surface area contributed by atoms with E-state index in [0.717, 1.165) is 12.0 Å². The SMILES string of the molecule is CCC1C(=O)O[C@H](c2ccc3ccccc3c2)[C@@H]1c1ccccc1. The molecule has 1 unspecified atom stereocenters. The second kappa shape index (κ2) is 6.12. The zero-order valence-electron chi connectivity index (χ0n) is 13.7. The molecule has 0 aliphatic carbocycles. The minimum absolute atomic E-state index is 0.0739. The molecule has 1 aliphatic rings. The fourth-order valence-electron chi connectivity index (χ4n) is 3.81. The first-order chi connectivity index (χ1) is 11.8. The first-order valence-electron chi connectivity index (χ1n) is 8.52. The van der Waals surface area contributed by atoms with Gasteiger partial charge in [0.15, 0.2) is 0 Å². The van der Waals surface area contributed by atoms with Crippen molar-refractivity contribution in [2.45, 2.75) is 25.4 Å². The van der Waals surface area contributed by atoms with Gasteiger partial charge in [0, 0.05) is 5.92 Å². The molecule has 1 heterocycles. The summed E-state index contributed by atoms with van der Waals surface area (Å²) in [6.45, 7) is 2.06. The molecule has 3 aromatic rings. The normalized spacial score (nSPS) is 23.4. The van der Waals surface area contributed by atoms with Crippen LogP contribution in [-0.4, -0.2) is 5.97 Å². The lowest BCUT2D eigenvalue weighted by atomic mass is 9.80. The van der Waals surface area contributed by atoms with Crippen LogP contribution in [0.5, 0.6) is 0 Å². The van der Waals surface area contributed by atoms with Gasteiger partial charge in [-0.1, -0.05) is 73.7 Å². The van der Waals surface area contributed by atoms with E-state index in [9.17, 15) is 4.79 Å². The summed E-state index contributed by atoms with van der Waals surface area (Å²) in [5.74, 6) is -0.0850. The minimum atomic E-state index is -0.213. The number of carbonyl (C=O) groups excluding carboxylic acids is 1. The molecule has 24 heavy (non-hydrogen) atoms. The van der Waals surface area contributed by atoms with Crippen LogP contribution in [0, 0.1) is 5.92 Å². The third-order valence-electron chi connectivity index (χ3n) is 5.03. The standard InChI is InChI=1S/C22H20O2/c1-2-19-20(16-9-4-3-5-10-16)21(24-22(19)23)18-13-12-15-8-6-7-11-17(15)14-18/h3-14,19-21H,2H2,1H3/t19?,20-,21-/m1/s1. The summed E-state index contributed by atoms with van der Waals surface area (Å²) in [4.78, 5) is 12.4. The Kier molecular flexibility index (Phi) is 3.81. The fourth-order valence-corrected chi connectivity index (χ4v) is 3.81. The van der Waals surface area contributed by atoms with E-state index in [1.807, 2.05) is 30.3 Å². The highest BCUT2D eigenvalue weighted by Crippen LogP contribution is 2.47. The Hall–Kier alpha value is -2.61. The summed E-state index contributed by atoms with van der Waals surface area (Å²) >= 11 is 0. The van der Waals surface area contributed by atoms with Crippen LogP contribution in [0.4, 0.5) is 0 Å². The minimum Gasteiger partial charge on any atom is -0.457 e. The molecule has 1 aliphatic heterocycles. The molecule has 2 heteroatoms. The lowest BCUT2D eigenvalue weighted by molar-refractivity contribution is -0.144. The molecule has 1 saturated heterocycles. The Labute approximate surface area is 142 Å². The first-order valence-corrected chi connectivity index (χ1v) is 8.52. The van der Waals surface area contributed by atoms with E-state index in [2.05, 4.69) is 49.4 Å². The number of esters is 1. The van der Waals surface area contributed by atoms with Crippen molar-refractivity contribution in [2.75, 3.05) is 0 Å². The van der Waals surface area contributed by atoms with E-state index < -0.39 is 0 Å². The largest absolute Gasteiger partial charge is 0.457 e. The molecule has 120 valence electrons. The highest BCUT2D eigenvalue weighted by molar-refractivity contribution is 5.83. The molecular weight excluding hydrogens is 296 g/mol. The van der Waals surface area contributed by atoms with Crippen molar-refractivity contribution in [2.24, 2.45) is 5.92 Å². The van der Waals surface area contributed by atoms with E-state index in [1.165, 1.54) is 16.3 Å². The second-order valence-electron chi connectivity index (χ2n) is 6.42. The molecule has 0 amide bonds.